The summed E-state index contributed by atoms with van der Waals surface area (Å²) in [6, 6.07) is -0.536. The fourth-order valence-electron chi connectivity index (χ4n) is 12.7. The molecule has 2 unspecified atom stereocenters. The molecule has 0 aromatic carbocycles. The van der Waals surface area contributed by atoms with E-state index >= 15 is 0 Å². The van der Waals surface area contributed by atoms with Crippen molar-refractivity contribution in [3.8, 4) is 0 Å². The topological polar surface area (TPSA) is 95.9 Å². The van der Waals surface area contributed by atoms with Crippen LogP contribution in [-0.2, 0) is 14.3 Å². The number of aliphatic hydroxyl groups excluding tert-OH is 2. The lowest BCUT2D eigenvalue weighted by atomic mass is 10.0. The van der Waals surface area contributed by atoms with Crippen LogP contribution in [-0.4, -0.2) is 47.4 Å². The number of hydrogen-bond donors (Lipinski definition) is 3. The lowest BCUT2D eigenvalue weighted by molar-refractivity contribution is -0.143. The lowest BCUT2D eigenvalue weighted by Crippen LogP contribution is -2.45. The molecule has 3 N–H and O–H groups in total. The van der Waals surface area contributed by atoms with Gasteiger partial charge in [-0.05, 0) is 57.8 Å². The Hall–Kier alpha value is -1.66. The molecule has 1 amide bonds. The van der Waals surface area contributed by atoms with Crippen LogP contribution in [0.2, 0.25) is 0 Å². The Morgan fingerprint density at radius 2 is 0.581 bits per heavy atom. The average molecular weight is 1210 g/mol. The zero-order valence-electron chi connectivity index (χ0n) is 58.6. The van der Waals surface area contributed by atoms with Crippen molar-refractivity contribution in [3.63, 3.8) is 0 Å². The molecule has 0 bridgehead atoms. The predicted molar refractivity (Wildman–Crippen MR) is 380 cm³/mol. The SMILES string of the molecule is CCCCC/C=C\C/C=C\CCCCCCCCCCCC(=O)OCCCCCCCCCCCCCCCCCCCCCCCCCCCCCCCCCCCCCCCC(=O)NC(CO)C(O)CCCCCCCCCCCCCCC. The molecule has 86 heavy (non-hydrogen) atoms. The number of aliphatic hydroxyl groups is 2. The molecule has 0 aliphatic carbocycles. The highest BCUT2D eigenvalue weighted by Gasteiger charge is 2.20. The third kappa shape index (κ3) is 71.4. The number of carbonyl (C=O) groups excluding carboxylic acids is 2. The van der Waals surface area contributed by atoms with Crippen molar-refractivity contribution in [3.05, 3.63) is 24.3 Å². The van der Waals surface area contributed by atoms with Gasteiger partial charge in [-0.15, -0.1) is 0 Å². The Bertz CT molecular complexity index is 1350. The van der Waals surface area contributed by atoms with E-state index in [9.17, 15) is 19.8 Å². The van der Waals surface area contributed by atoms with Crippen LogP contribution in [0.5, 0.6) is 0 Å². The number of esters is 1. The van der Waals surface area contributed by atoms with Gasteiger partial charge in [-0.3, -0.25) is 9.59 Å². The highest BCUT2D eigenvalue weighted by Crippen LogP contribution is 2.20. The van der Waals surface area contributed by atoms with Crippen LogP contribution in [0.1, 0.15) is 450 Å². The maximum Gasteiger partial charge on any atom is 0.305 e. The van der Waals surface area contributed by atoms with Crippen molar-refractivity contribution in [1.29, 1.82) is 0 Å². The van der Waals surface area contributed by atoms with E-state index in [1.54, 1.807) is 0 Å². The monoisotopic (exact) mass is 1210 g/mol. The van der Waals surface area contributed by atoms with Gasteiger partial charge in [0, 0.05) is 12.8 Å². The zero-order chi connectivity index (χ0) is 62.0. The standard InChI is InChI=1S/C80H155NO5/c1-3-5-7-9-11-13-15-17-18-19-39-43-46-50-54-58-62-66-70-74-80(85)86-75-71-67-63-59-55-51-47-44-41-38-36-34-32-30-28-26-24-22-20-21-23-25-27-29-31-33-35-37-40-42-45-49-53-57-61-65-69-73-79(84)81-77(76-82)78(83)72-68-64-60-56-52-48-16-14-12-10-8-6-4-2/h11,13,17-18,77-78,82-83H,3-10,12,14-16,19-76H2,1-2H3,(H,81,84)/b13-11-,18-17-. The highest BCUT2D eigenvalue weighted by molar-refractivity contribution is 5.76. The first-order valence-corrected chi connectivity index (χ1v) is 39.6. The molecule has 6 heteroatoms. The first-order chi connectivity index (χ1) is 42.5. The zero-order valence-corrected chi connectivity index (χ0v) is 58.6. The minimum absolute atomic E-state index is 0.0204. The first kappa shape index (κ1) is 84.3. The van der Waals surface area contributed by atoms with Gasteiger partial charge in [-0.25, -0.2) is 0 Å². The summed E-state index contributed by atoms with van der Waals surface area (Å²) in [5.41, 5.74) is 0. The van der Waals surface area contributed by atoms with E-state index in [4.69, 9.17) is 4.74 Å². The number of hydrogen-bond acceptors (Lipinski definition) is 5. The van der Waals surface area contributed by atoms with Gasteiger partial charge < -0.3 is 20.3 Å². The minimum atomic E-state index is -0.659. The minimum Gasteiger partial charge on any atom is -0.466 e. The molecule has 6 nitrogen and oxygen atoms in total. The molecule has 0 aliphatic rings. The molecule has 0 spiro atoms. The fraction of sp³-hybridized carbons (Fsp3) is 0.925. The summed E-state index contributed by atoms with van der Waals surface area (Å²) in [5, 5.41) is 23.3. The van der Waals surface area contributed by atoms with Gasteiger partial charge in [0.2, 0.25) is 5.91 Å². The second-order valence-electron chi connectivity index (χ2n) is 27.4. The third-order valence-electron chi connectivity index (χ3n) is 18.8. The van der Waals surface area contributed by atoms with E-state index < -0.39 is 12.1 Å². The number of allylic oxidation sites excluding steroid dienone is 4. The number of unbranched alkanes of at least 4 members (excludes halogenated alkanes) is 60. The molecular weight excluding hydrogens is 1050 g/mol. The summed E-state index contributed by atoms with van der Waals surface area (Å²) < 4.78 is 5.52. The van der Waals surface area contributed by atoms with E-state index in [0.29, 0.717) is 25.9 Å². The van der Waals surface area contributed by atoms with Crippen molar-refractivity contribution >= 4 is 11.9 Å². The molecule has 2 atom stereocenters. The highest BCUT2D eigenvalue weighted by atomic mass is 16.5. The number of ether oxygens (including phenoxy) is 1. The predicted octanol–water partition coefficient (Wildman–Crippen LogP) is 26.0. The number of carbonyl (C=O) groups is 2. The van der Waals surface area contributed by atoms with Crippen LogP contribution in [0.25, 0.3) is 0 Å². The van der Waals surface area contributed by atoms with Gasteiger partial charge in [0.25, 0.3) is 0 Å². The summed E-state index contributed by atoms with van der Waals surface area (Å²) in [6.45, 7) is 4.97. The summed E-state index contributed by atoms with van der Waals surface area (Å²) in [4.78, 5) is 24.6. The molecule has 0 radical (unpaired) electrons. The number of nitrogens with one attached hydrogen (secondary N) is 1. The molecule has 0 heterocycles. The maximum atomic E-state index is 12.5. The Labute approximate surface area is 539 Å². The van der Waals surface area contributed by atoms with Crippen molar-refractivity contribution in [2.75, 3.05) is 13.2 Å². The van der Waals surface area contributed by atoms with Crippen molar-refractivity contribution in [2.24, 2.45) is 0 Å². The van der Waals surface area contributed by atoms with Crippen LogP contribution >= 0.6 is 0 Å². The maximum absolute atomic E-state index is 12.5. The Morgan fingerprint density at radius 1 is 0.326 bits per heavy atom. The number of rotatable bonds is 75. The van der Waals surface area contributed by atoms with Crippen LogP contribution < -0.4 is 5.32 Å². The van der Waals surface area contributed by atoms with Crippen LogP contribution in [0, 0.1) is 0 Å². The van der Waals surface area contributed by atoms with Gasteiger partial charge in [0.15, 0.2) is 0 Å². The molecule has 0 aliphatic heterocycles. The second kappa shape index (κ2) is 75.8. The summed E-state index contributed by atoms with van der Waals surface area (Å²) in [6.07, 6.45) is 97.1. The molecule has 0 aromatic heterocycles. The van der Waals surface area contributed by atoms with E-state index in [-0.39, 0.29) is 18.5 Å². The van der Waals surface area contributed by atoms with Crippen molar-refractivity contribution in [2.45, 2.75) is 463 Å². The average Bonchev–Trinajstić information content (AvgIpc) is 3.54. The molecule has 0 fully saturated rings. The van der Waals surface area contributed by atoms with Crippen LogP contribution in [0.4, 0.5) is 0 Å². The van der Waals surface area contributed by atoms with Gasteiger partial charge in [-0.1, -0.05) is 404 Å². The Balaban J connectivity index is 3.28. The van der Waals surface area contributed by atoms with E-state index in [0.717, 1.165) is 44.9 Å². The molecular formula is C80H155NO5. The summed E-state index contributed by atoms with van der Waals surface area (Å²) >= 11 is 0. The van der Waals surface area contributed by atoms with Gasteiger partial charge in [-0.2, -0.15) is 0 Å². The van der Waals surface area contributed by atoms with E-state index in [1.165, 1.54) is 372 Å². The second-order valence-corrected chi connectivity index (χ2v) is 27.4. The van der Waals surface area contributed by atoms with Gasteiger partial charge >= 0.3 is 5.97 Å². The van der Waals surface area contributed by atoms with E-state index in [2.05, 4.69) is 43.5 Å². The first-order valence-electron chi connectivity index (χ1n) is 39.6. The lowest BCUT2D eigenvalue weighted by Gasteiger charge is -2.22. The Kier molecular flexibility index (Phi) is 74.3. The molecule has 0 aromatic rings. The number of amides is 1. The Morgan fingerprint density at radius 3 is 0.907 bits per heavy atom. The van der Waals surface area contributed by atoms with E-state index in [1.807, 2.05) is 0 Å². The summed E-state index contributed by atoms with van der Waals surface area (Å²) in [7, 11) is 0. The van der Waals surface area contributed by atoms with Crippen molar-refractivity contribution < 1.29 is 24.5 Å². The van der Waals surface area contributed by atoms with Crippen molar-refractivity contribution in [1.82, 2.24) is 5.32 Å². The van der Waals surface area contributed by atoms with Gasteiger partial charge in [0.05, 0.1) is 25.4 Å². The third-order valence-corrected chi connectivity index (χ3v) is 18.8. The fourth-order valence-corrected chi connectivity index (χ4v) is 12.7. The normalized spacial score (nSPS) is 12.6. The van der Waals surface area contributed by atoms with Gasteiger partial charge in [0.1, 0.15) is 0 Å². The summed E-state index contributed by atoms with van der Waals surface area (Å²) in [5.74, 6) is -0.00607. The quantitative estimate of drug-likeness (QED) is 0.0320. The molecule has 0 saturated heterocycles. The van der Waals surface area contributed by atoms with Crippen LogP contribution in [0.15, 0.2) is 24.3 Å². The smallest absolute Gasteiger partial charge is 0.305 e. The molecule has 0 saturated carbocycles. The van der Waals surface area contributed by atoms with Crippen LogP contribution in [0.3, 0.4) is 0 Å². The molecule has 0 rings (SSSR count). The molecule has 510 valence electrons. The largest absolute Gasteiger partial charge is 0.466 e.